The second-order valence-electron chi connectivity index (χ2n) is 2.57. The van der Waals surface area contributed by atoms with E-state index in [4.69, 9.17) is 0 Å². The van der Waals surface area contributed by atoms with Crippen LogP contribution in [0.25, 0.3) is 6.08 Å². The highest BCUT2D eigenvalue weighted by atomic mass is 19.4. The first kappa shape index (κ1) is 11.3. The van der Waals surface area contributed by atoms with E-state index >= 15 is 0 Å². The highest BCUT2D eigenvalue weighted by molar-refractivity contribution is 5.74. The molecule has 0 bridgehead atoms. The summed E-state index contributed by atoms with van der Waals surface area (Å²) in [4.78, 5) is 9.85. The molecule has 15 heavy (non-hydrogen) atoms. The van der Waals surface area contributed by atoms with Crippen LogP contribution in [0.15, 0.2) is 30.3 Å². The molecule has 0 aromatic heterocycles. The normalized spacial score (nSPS) is 11.7. The molecule has 0 aliphatic carbocycles. The fourth-order valence-corrected chi connectivity index (χ4v) is 0.911. The summed E-state index contributed by atoms with van der Waals surface area (Å²) in [6.45, 7) is 0. The molecule has 0 heterocycles. The van der Waals surface area contributed by atoms with Crippen molar-refractivity contribution in [2.75, 3.05) is 0 Å². The van der Waals surface area contributed by atoms with Gasteiger partial charge in [0.15, 0.2) is 0 Å². The SMILES string of the molecule is O=[C]C=Cc1ccc(OC(F)(F)F)cc1. The van der Waals surface area contributed by atoms with Gasteiger partial charge in [-0.05, 0) is 23.8 Å². The van der Waals surface area contributed by atoms with Crippen molar-refractivity contribution in [2.45, 2.75) is 6.36 Å². The predicted molar refractivity (Wildman–Crippen MR) is 47.9 cm³/mol. The average Bonchev–Trinajstić information content (AvgIpc) is 2.14. The van der Waals surface area contributed by atoms with Crippen LogP contribution in [0.3, 0.4) is 0 Å². The third-order valence-corrected chi connectivity index (χ3v) is 1.46. The Balaban J connectivity index is 2.72. The lowest BCUT2D eigenvalue weighted by Crippen LogP contribution is -2.16. The van der Waals surface area contributed by atoms with Gasteiger partial charge in [0.05, 0.1) is 0 Å². The Hall–Kier alpha value is -1.78. The van der Waals surface area contributed by atoms with Crippen LogP contribution in [0.5, 0.6) is 5.75 Å². The first-order valence-corrected chi connectivity index (χ1v) is 3.91. The largest absolute Gasteiger partial charge is 0.573 e. The molecule has 0 aliphatic rings. The van der Waals surface area contributed by atoms with E-state index in [9.17, 15) is 18.0 Å². The van der Waals surface area contributed by atoms with Crippen LogP contribution in [-0.4, -0.2) is 12.6 Å². The molecule has 0 amide bonds. The van der Waals surface area contributed by atoms with Gasteiger partial charge in [0, 0.05) is 0 Å². The summed E-state index contributed by atoms with van der Waals surface area (Å²) < 4.78 is 38.9. The first-order chi connectivity index (χ1) is 7.01. The Bertz CT molecular complexity index is 352. The van der Waals surface area contributed by atoms with Crippen LogP contribution in [0.1, 0.15) is 5.56 Å². The number of ether oxygens (including phenoxy) is 1. The minimum Gasteiger partial charge on any atom is -0.406 e. The van der Waals surface area contributed by atoms with Crippen molar-refractivity contribution >= 4 is 12.4 Å². The van der Waals surface area contributed by atoms with E-state index in [1.165, 1.54) is 24.5 Å². The van der Waals surface area contributed by atoms with Gasteiger partial charge in [0.25, 0.3) is 0 Å². The highest BCUT2D eigenvalue weighted by Crippen LogP contribution is 2.22. The zero-order chi connectivity index (χ0) is 11.3. The van der Waals surface area contributed by atoms with E-state index in [0.29, 0.717) is 5.56 Å². The van der Waals surface area contributed by atoms with Gasteiger partial charge < -0.3 is 4.74 Å². The van der Waals surface area contributed by atoms with Gasteiger partial charge in [-0.25, -0.2) is 0 Å². The van der Waals surface area contributed by atoms with E-state index in [1.54, 1.807) is 0 Å². The van der Waals surface area contributed by atoms with E-state index in [0.717, 1.165) is 18.2 Å². The molecule has 2 nitrogen and oxygen atoms in total. The third kappa shape index (κ3) is 4.30. The predicted octanol–water partition coefficient (Wildman–Crippen LogP) is 2.71. The Labute approximate surface area is 84.0 Å². The topological polar surface area (TPSA) is 26.3 Å². The molecular weight excluding hydrogens is 209 g/mol. The fourth-order valence-electron chi connectivity index (χ4n) is 0.911. The maximum atomic E-state index is 11.8. The van der Waals surface area contributed by atoms with Crippen LogP contribution in [0.2, 0.25) is 0 Å². The summed E-state index contributed by atoms with van der Waals surface area (Å²) in [5, 5.41) is 0. The molecule has 0 N–H and O–H groups in total. The number of halogens is 3. The van der Waals surface area contributed by atoms with Crippen LogP contribution in [-0.2, 0) is 4.79 Å². The molecule has 1 aromatic rings. The summed E-state index contributed by atoms with van der Waals surface area (Å²) in [6.07, 6.45) is -0.614. The van der Waals surface area contributed by atoms with Gasteiger partial charge in [0.1, 0.15) is 5.75 Å². The lowest BCUT2D eigenvalue weighted by Gasteiger charge is -2.08. The maximum absolute atomic E-state index is 11.8. The van der Waals surface area contributed by atoms with E-state index in [-0.39, 0.29) is 5.75 Å². The molecule has 0 aliphatic heterocycles. The average molecular weight is 215 g/mol. The van der Waals surface area contributed by atoms with Crippen LogP contribution in [0.4, 0.5) is 13.2 Å². The van der Waals surface area contributed by atoms with Crippen molar-refractivity contribution in [3.8, 4) is 5.75 Å². The molecule has 0 saturated carbocycles. The van der Waals surface area contributed by atoms with E-state index in [1.807, 2.05) is 0 Å². The molecule has 5 heteroatoms. The molecule has 1 radical (unpaired) electrons. The smallest absolute Gasteiger partial charge is 0.406 e. The van der Waals surface area contributed by atoms with Crippen molar-refractivity contribution < 1.29 is 22.7 Å². The van der Waals surface area contributed by atoms with Crippen molar-refractivity contribution in [3.05, 3.63) is 35.9 Å². The Kier molecular flexibility index (Phi) is 3.49. The van der Waals surface area contributed by atoms with Gasteiger partial charge in [-0.1, -0.05) is 18.2 Å². The number of carbonyl (C=O) groups excluding carboxylic acids is 1. The molecular formula is C10H6F3O2. The summed E-state index contributed by atoms with van der Waals surface area (Å²) in [6, 6.07) is 5.12. The molecule has 0 spiro atoms. The van der Waals surface area contributed by atoms with Crippen LogP contribution in [0, 0.1) is 0 Å². The quantitative estimate of drug-likeness (QED) is 0.724. The van der Waals surface area contributed by atoms with E-state index < -0.39 is 6.36 Å². The van der Waals surface area contributed by atoms with Crippen LogP contribution < -0.4 is 4.74 Å². The summed E-state index contributed by atoms with van der Waals surface area (Å²) in [7, 11) is 0. The Morgan fingerprint density at radius 3 is 2.27 bits per heavy atom. The second kappa shape index (κ2) is 4.63. The molecule has 0 saturated heterocycles. The number of hydrogen-bond acceptors (Lipinski definition) is 2. The zero-order valence-electron chi connectivity index (χ0n) is 7.41. The number of allylic oxidation sites excluding steroid dienone is 1. The molecule has 0 atom stereocenters. The highest BCUT2D eigenvalue weighted by Gasteiger charge is 2.30. The Morgan fingerprint density at radius 2 is 1.80 bits per heavy atom. The van der Waals surface area contributed by atoms with Gasteiger partial charge in [0.2, 0.25) is 6.29 Å². The number of rotatable bonds is 3. The summed E-state index contributed by atoms with van der Waals surface area (Å²) in [5.41, 5.74) is 0.591. The van der Waals surface area contributed by atoms with Gasteiger partial charge >= 0.3 is 6.36 Å². The van der Waals surface area contributed by atoms with Crippen molar-refractivity contribution in [2.24, 2.45) is 0 Å². The zero-order valence-corrected chi connectivity index (χ0v) is 7.41. The first-order valence-electron chi connectivity index (χ1n) is 3.91. The fraction of sp³-hybridized carbons (Fsp3) is 0.100. The van der Waals surface area contributed by atoms with E-state index in [2.05, 4.69) is 4.74 Å². The minimum absolute atomic E-state index is 0.297. The van der Waals surface area contributed by atoms with Gasteiger partial charge in [-0.2, -0.15) is 0 Å². The second-order valence-corrected chi connectivity index (χ2v) is 2.57. The van der Waals surface area contributed by atoms with Gasteiger partial charge in [-0.3, -0.25) is 4.79 Å². The Morgan fingerprint density at radius 1 is 1.20 bits per heavy atom. The molecule has 1 aromatic carbocycles. The molecule has 0 unspecified atom stereocenters. The monoisotopic (exact) mass is 215 g/mol. The number of alkyl halides is 3. The van der Waals surface area contributed by atoms with Crippen molar-refractivity contribution in [3.63, 3.8) is 0 Å². The molecule has 1 rings (SSSR count). The summed E-state index contributed by atoms with van der Waals surface area (Å²) in [5.74, 6) is -0.297. The summed E-state index contributed by atoms with van der Waals surface area (Å²) >= 11 is 0. The number of benzene rings is 1. The van der Waals surface area contributed by atoms with Gasteiger partial charge in [-0.15, -0.1) is 13.2 Å². The third-order valence-electron chi connectivity index (χ3n) is 1.46. The lowest BCUT2D eigenvalue weighted by molar-refractivity contribution is -0.274. The maximum Gasteiger partial charge on any atom is 0.573 e. The van der Waals surface area contributed by atoms with Crippen LogP contribution >= 0.6 is 0 Å². The molecule has 0 fully saturated rings. The van der Waals surface area contributed by atoms with Crippen molar-refractivity contribution in [1.29, 1.82) is 0 Å². The van der Waals surface area contributed by atoms with Crippen molar-refractivity contribution in [1.82, 2.24) is 0 Å². The standard InChI is InChI=1S/C10H6F3O2/c11-10(12,13)15-9-5-3-8(4-6-9)2-1-7-14/h1-6H. The molecule has 79 valence electrons. The number of hydrogen-bond donors (Lipinski definition) is 0. The minimum atomic E-state index is -4.69. The lowest BCUT2D eigenvalue weighted by atomic mass is 10.2.